The lowest BCUT2D eigenvalue weighted by atomic mass is 10.1. The van der Waals surface area contributed by atoms with Crippen LogP contribution in [-0.2, 0) is 4.79 Å². The van der Waals surface area contributed by atoms with Crippen molar-refractivity contribution < 1.29 is 9.53 Å². The predicted octanol–water partition coefficient (Wildman–Crippen LogP) is 5.87. The van der Waals surface area contributed by atoms with E-state index in [1.165, 1.54) is 23.0 Å². The maximum atomic E-state index is 12.3. The van der Waals surface area contributed by atoms with Crippen LogP contribution in [0.5, 0.6) is 5.75 Å². The Balaban J connectivity index is 1.70. The molecule has 5 heteroatoms. The molecule has 2 aromatic carbocycles. The number of hydrogen-bond acceptors (Lipinski definition) is 4. The van der Waals surface area contributed by atoms with E-state index < -0.39 is 0 Å². The number of para-hydroxylation sites is 1. The van der Waals surface area contributed by atoms with E-state index in [2.05, 4.69) is 48.4 Å². The van der Waals surface area contributed by atoms with Crippen LogP contribution in [0.4, 0.5) is 5.13 Å². The van der Waals surface area contributed by atoms with Gasteiger partial charge in [0.2, 0.25) is 5.91 Å². The molecule has 0 radical (unpaired) electrons. The molecule has 0 aliphatic carbocycles. The fraction of sp³-hybridized carbons (Fsp3) is 0.217. The zero-order valence-electron chi connectivity index (χ0n) is 16.4. The molecule has 0 saturated heterocycles. The van der Waals surface area contributed by atoms with E-state index >= 15 is 0 Å². The van der Waals surface area contributed by atoms with Crippen molar-refractivity contribution in [1.29, 1.82) is 0 Å². The van der Waals surface area contributed by atoms with Gasteiger partial charge in [-0.05, 0) is 32.4 Å². The van der Waals surface area contributed by atoms with Gasteiger partial charge in [-0.25, -0.2) is 4.98 Å². The molecule has 4 nitrogen and oxygen atoms in total. The third kappa shape index (κ3) is 5.08. The standard InChI is InChI=1S/C23H24N2O2S/c1-4-15-27-20-8-6-5-7-18(20)13-14-21(26)24-23-25-22(17(3)28-23)19-11-9-16(2)10-12-19/h5-14H,4,15H2,1-3H3,(H,24,25,26)/b14-13+. The zero-order chi connectivity index (χ0) is 19.9. The number of amides is 1. The van der Waals surface area contributed by atoms with Gasteiger partial charge in [0.25, 0.3) is 0 Å². The minimum atomic E-state index is -0.213. The van der Waals surface area contributed by atoms with Crippen LogP contribution >= 0.6 is 11.3 Å². The lowest BCUT2D eigenvalue weighted by Gasteiger charge is -2.07. The minimum absolute atomic E-state index is 0.213. The fourth-order valence-corrected chi connectivity index (χ4v) is 3.54. The second-order valence-corrected chi connectivity index (χ2v) is 7.70. The second-order valence-electron chi connectivity index (χ2n) is 6.50. The Labute approximate surface area is 169 Å². The van der Waals surface area contributed by atoms with Crippen LogP contribution in [0.15, 0.2) is 54.6 Å². The number of rotatable bonds is 7. The summed E-state index contributed by atoms with van der Waals surface area (Å²) in [6.45, 7) is 6.78. The predicted molar refractivity (Wildman–Crippen MR) is 117 cm³/mol. The van der Waals surface area contributed by atoms with Crippen molar-refractivity contribution in [3.05, 3.63) is 70.6 Å². The maximum absolute atomic E-state index is 12.3. The largest absolute Gasteiger partial charge is 0.493 e. The molecule has 1 heterocycles. The number of hydrogen-bond donors (Lipinski definition) is 1. The molecular weight excluding hydrogens is 368 g/mol. The highest BCUT2D eigenvalue weighted by atomic mass is 32.1. The Bertz CT molecular complexity index is 975. The first-order valence-electron chi connectivity index (χ1n) is 9.32. The fourth-order valence-electron chi connectivity index (χ4n) is 2.70. The van der Waals surface area contributed by atoms with Gasteiger partial charge >= 0.3 is 0 Å². The van der Waals surface area contributed by atoms with Crippen molar-refractivity contribution in [3.63, 3.8) is 0 Å². The minimum Gasteiger partial charge on any atom is -0.493 e. The van der Waals surface area contributed by atoms with E-state index in [-0.39, 0.29) is 5.91 Å². The van der Waals surface area contributed by atoms with Crippen LogP contribution in [0, 0.1) is 13.8 Å². The first-order valence-corrected chi connectivity index (χ1v) is 10.1. The molecule has 0 bridgehead atoms. The number of anilines is 1. The van der Waals surface area contributed by atoms with Crippen molar-refractivity contribution >= 4 is 28.5 Å². The van der Waals surface area contributed by atoms with Gasteiger partial charge in [0, 0.05) is 22.1 Å². The molecule has 144 valence electrons. The summed E-state index contributed by atoms with van der Waals surface area (Å²) < 4.78 is 5.72. The summed E-state index contributed by atoms with van der Waals surface area (Å²) in [5, 5.41) is 3.45. The highest BCUT2D eigenvalue weighted by molar-refractivity contribution is 7.16. The van der Waals surface area contributed by atoms with Crippen molar-refractivity contribution in [3.8, 4) is 17.0 Å². The Morgan fingerprint density at radius 2 is 1.89 bits per heavy atom. The van der Waals surface area contributed by atoms with Crippen LogP contribution < -0.4 is 10.1 Å². The summed E-state index contributed by atoms with van der Waals surface area (Å²) in [4.78, 5) is 18.0. The molecule has 0 unspecified atom stereocenters. The summed E-state index contributed by atoms with van der Waals surface area (Å²) in [5.41, 5.74) is 4.04. The van der Waals surface area contributed by atoms with Crippen LogP contribution in [-0.4, -0.2) is 17.5 Å². The Kier molecular flexibility index (Phi) is 6.61. The van der Waals surface area contributed by atoms with Crippen molar-refractivity contribution in [2.45, 2.75) is 27.2 Å². The number of nitrogens with one attached hydrogen (secondary N) is 1. The molecule has 0 aliphatic heterocycles. The molecule has 0 aliphatic rings. The molecule has 0 atom stereocenters. The average Bonchev–Trinajstić information content (AvgIpc) is 3.06. The zero-order valence-corrected chi connectivity index (χ0v) is 17.2. The molecule has 1 amide bonds. The van der Waals surface area contributed by atoms with E-state index in [4.69, 9.17) is 4.74 Å². The van der Waals surface area contributed by atoms with E-state index in [1.54, 1.807) is 6.08 Å². The monoisotopic (exact) mass is 392 g/mol. The molecule has 0 fully saturated rings. The first-order chi connectivity index (χ1) is 13.6. The number of aryl methyl sites for hydroxylation is 2. The summed E-state index contributed by atoms with van der Waals surface area (Å²) >= 11 is 1.48. The maximum Gasteiger partial charge on any atom is 0.250 e. The summed E-state index contributed by atoms with van der Waals surface area (Å²) in [6, 6.07) is 15.9. The molecule has 1 aromatic heterocycles. The van der Waals surface area contributed by atoms with Crippen molar-refractivity contribution in [1.82, 2.24) is 4.98 Å². The Hall–Kier alpha value is -2.92. The normalized spacial score (nSPS) is 11.0. The Morgan fingerprint density at radius 1 is 1.14 bits per heavy atom. The third-order valence-electron chi connectivity index (χ3n) is 4.15. The SMILES string of the molecule is CCCOc1ccccc1/C=C/C(=O)Nc1nc(-c2ccc(C)cc2)c(C)s1. The van der Waals surface area contributed by atoms with Crippen LogP contribution in [0.3, 0.4) is 0 Å². The smallest absolute Gasteiger partial charge is 0.250 e. The summed E-state index contributed by atoms with van der Waals surface area (Å²) in [6.07, 6.45) is 4.21. The van der Waals surface area contributed by atoms with Gasteiger partial charge in [0.15, 0.2) is 5.13 Å². The second kappa shape index (κ2) is 9.33. The van der Waals surface area contributed by atoms with Crippen LogP contribution in [0.1, 0.15) is 29.3 Å². The number of aromatic nitrogens is 1. The molecule has 0 spiro atoms. The highest BCUT2D eigenvalue weighted by Gasteiger charge is 2.11. The van der Waals surface area contributed by atoms with Gasteiger partial charge in [0.05, 0.1) is 12.3 Å². The van der Waals surface area contributed by atoms with E-state index in [0.29, 0.717) is 11.7 Å². The number of thiazole rings is 1. The highest BCUT2D eigenvalue weighted by Crippen LogP contribution is 2.30. The summed E-state index contributed by atoms with van der Waals surface area (Å²) in [5.74, 6) is 0.564. The van der Waals surface area contributed by atoms with E-state index in [9.17, 15) is 4.79 Å². The molecule has 28 heavy (non-hydrogen) atoms. The van der Waals surface area contributed by atoms with Gasteiger partial charge < -0.3 is 4.74 Å². The molecule has 1 N–H and O–H groups in total. The third-order valence-corrected chi connectivity index (χ3v) is 5.03. The molecule has 3 rings (SSSR count). The number of nitrogens with zero attached hydrogens (tertiary/aromatic N) is 1. The van der Waals surface area contributed by atoms with Gasteiger partial charge in [-0.15, -0.1) is 11.3 Å². The van der Waals surface area contributed by atoms with Gasteiger partial charge in [-0.2, -0.15) is 0 Å². The number of carbonyl (C=O) groups is 1. The van der Waals surface area contributed by atoms with Gasteiger partial charge in [0.1, 0.15) is 5.75 Å². The van der Waals surface area contributed by atoms with Gasteiger partial charge in [-0.3, -0.25) is 10.1 Å². The quantitative estimate of drug-likeness (QED) is 0.512. The lowest BCUT2D eigenvalue weighted by Crippen LogP contribution is -2.07. The lowest BCUT2D eigenvalue weighted by molar-refractivity contribution is -0.111. The Morgan fingerprint density at radius 3 is 2.64 bits per heavy atom. The van der Waals surface area contributed by atoms with Crippen LogP contribution in [0.2, 0.25) is 0 Å². The number of carbonyl (C=O) groups excluding carboxylic acids is 1. The van der Waals surface area contributed by atoms with Crippen molar-refractivity contribution in [2.75, 3.05) is 11.9 Å². The van der Waals surface area contributed by atoms with Crippen molar-refractivity contribution in [2.24, 2.45) is 0 Å². The molecular formula is C23H24N2O2S. The number of ether oxygens (including phenoxy) is 1. The van der Waals surface area contributed by atoms with E-state index in [0.717, 1.165) is 33.9 Å². The van der Waals surface area contributed by atoms with E-state index in [1.807, 2.05) is 31.2 Å². The topological polar surface area (TPSA) is 51.2 Å². The number of benzene rings is 2. The molecule has 0 saturated carbocycles. The average molecular weight is 393 g/mol. The first kappa shape index (κ1) is 19.8. The van der Waals surface area contributed by atoms with Gasteiger partial charge in [-0.1, -0.05) is 55.0 Å². The summed E-state index contributed by atoms with van der Waals surface area (Å²) in [7, 11) is 0. The van der Waals surface area contributed by atoms with Crippen LogP contribution in [0.25, 0.3) is 17.3 Å². The molecule has 3 aromatic rings.